The highest BCUT2D eigenvalue weighted by molar-refractivity contribution is 9.09. The fraction of sp³-hybridized carbons (Fsp3) is 0.545. The molecule has 0 spiro atoms. The largest absolute Gasteiger partial charge is 0.346 e. The number of nitro groups is 1. The van der Waals surface area contributed by atoms with Gasteiger partial charge in [0, 0.05) is 24.0 Å². The molecule has 1 N–H and O–H groups in total. The Morgan fingerprint density at radius 1 is 1.61 bits per heavy atom. The van der Waals surface area contributed by atoms with Crippen LogP contribution in [0.3, 0.4) is 0 Å². The van der Waals surface area contributed by atoms with Gasteiger partial charge in [-0.15, -0.1) is 0 Å². The van der Waals surface area contributed by atoms with Crippen LogP contribution in [0.25, 0.3) is 0 Å². The van der Waals surface area contributed by atoms with E-state index < -0.39 is 4.92 Å². The van der Waals surface area contributed by atoms with Crippen LogP contribution >= 0.6 is 15.9 Å². The maximum atomic E-state index is 12.0. The highest BCUT2D eigenvalue weighted by Crippen LogP contribution is 2.17. The van der Waals surface area contributed by atoms with Gasteiger partial charge >= 0.3 is 0 Å². The Hall–Kier alpha value is -1.37. The van der Waals surface area contributed by atoms with E-state index in [2.05, 4.69) is 21.2 Å². The SMILES string of the molecule is Cn1cc([N+](=O)[O-])cc1C(=O)NC(C)(C)CCBr. The minimum Gasteiger partial charge on any atom is -0.346 e. The third kappa shape index (κ3) is 3.56. The zero-order valence-corrected chi connectivity index (χ0v) is 12.2. The van der Waals surface area contributed by atoms with Gasteiger partial charge in [0.05, 0.1) is 11.1 Å². The number of carbonyl (C=O) groups is 1. The third-order valence-electron chi connectivity index (χ3n) is 2.61. The summed E-state index contributed by atoms with van der Waals surface area (Å²) in [6.07, 6.45) is 2.09. The van der Waals surface area contributed by atoms with E-state index in [4.69, 9.17) is 0 Å². The molecular formula is C11H16BrN3O3. The van der Waals surface area contributed by atoms with Crippen molar-refractivity contribution in [1.82, 2.24) is 9.88 Å². The van der Waals surface area contributed by atoms with Crippen LogP contribution in [-0.4, -0.2) is 26.3 Å². The van der Waals surface area contributed by atoms with Crippen LogP contribution in [0.15, 0.2) is 12.3 Å². The van der Waals surface area contributed by atoms with Gasteiger partial charge in [0.1, 0.15) is 5.69 Å². The third-order valence-corrected chi connectivity index (χ3v) is 3.00. The number of hydrogen-bond donors (Lipinski definition) is 1. The Kier molecular flexibility index (Phi) is 4.50. The van der Waals surface area contributed by atoms with Crippen LogP contribution in [0, 0.1) is 10.1 Å². The van der Waals surface area contributed by atoms with Crippen molar-refractivity contribution in [2.24, 2.45) is 7.05 Å². The maximum absolute atomic E-state index is 12.0. The number of rotatable bonds is 5. The van der Waals surface area contributed by atoms with Gasteiger partial charge in [0.25, 0.3) is 11.6 Å². The second-order valence-corrected chi connectivity index (χ2v) is 5.52. The molecule has 0 atom stereocenters. The number of alkyl halides is 1. The summed E-state index contributed by atoms with van der Waals surface area (Å²) in [5.41, 5.74) is -0.162. The van der Waals surface area contributed by atoms with Gasteiger partial charge in [-0.3, -0.25) is 14.9 Å². The molecule has 1 rings (SSSR count). The molecule has 100 valence electrons. The quantitative estimate of drug-likeness (QED) is 0.514. The molecule has 0 aliphatic carbocycles. The highest BCUT2D eigenvalue weighted by Gasteiger charge is 2.23. The number of aryl methyl sites for hydroxylation is 1. The lowest BCUT2D eigenvalue weighted by molar-refractivity contribution is -0.384. The Balaban J connectivity index is 2.88. The number of amides is 1. The molecule has 0 saturated heterocycles. The molecule has 1 aromatic heterocycles. The predicted octanol–water partition coefficient (Wildman–Crippen LogP) is 2.23. The van der Waals surface area contributed by atoms with Crippen LogP contribution in [0.4, 0.5) is 5.69 Å². The molecule has 7 heteroatoms. The molecule has 0 radical (unpaired) electrons. The van der Waals surface area contributed by atoms with Crippen LogP contribution in [0.1, 0.15) is 30.8 Å². The van der Waals surface area contributed by atoms with E-state index in [9.17, 15) is 14.9 Å². The first kappa shape index (κ1) is 14.7. The lowest BCUT2D eigenvalue weighted by Crippen LogP contribution is -2.44. The van der Waals surface area contributed by atoms with E-state index in [0.29, 0.717) is 0 Å². The Labute approximate surface area is 114 Å². The molecule has 1 aromatic rings. The summed E-state index contributed by atoms with van der Waals surface area (Å²) in [4.78, 5) is 22.1. The standard InChI is InChI=1S/C11H16BrN3O3/c1-11(2,4-5-12)13-10(16)9-6-8(15(17)18)7-14(9)3/h6-7H,4-5H2,1-3H3,(H,13,16). The predicted molar refractivity (Wildman–Crippen MR) is 72.0 cm³/mol. The zero-order valence-electron chi connectivity index (χ0n) is 10.6. The van der Waals surface area contributed by atoms with E-state index in [1.165, 1.54) is 16.8 Å². The fourth-order valence-electron chi connectivity index (χ4n) is 1.54. The van der Waals surface area contributed by atoms with Crippen LogP contribution in [0.2, 0.25) is 0 Å². The molecule has 0 aliphatic heterocycles. The van der Waals surface area contributed by atoms with Gasteiger partial charge in [-0.05, 0) is 20.3 Å². The second kappa shape index (κ2) is 5.51. The number of carbonyl (C=O) groups excluding carboxylic acids is 1. The van der Waals surface area contributed by atoms with Crippen molar-refractivity contribution in [2.75, 3.05) is 5.33 Å². The average Bonchev–Trinajstić information content (AvgIpc) is 2.59. The number of halogens is 1. The summed E-state index contributed by atoms with van der Waals surface area (Å²) in [5.74, 6) is -0.309. The van der Waals surface area contributed by atoms with Gasteiger partial charge < -0.3 is 9.88 Å². The van der Waals surface area contributed by atoms with Crippen molar-refractivity contribution >= 4 is 27.5 Å². The molecule has 0 unspecified atom stereocenters. The smallest absolute Gasteiger partial charge is 0.287 e. The molecule has 0 bridgehead atoms. The van der Waals surface area contributed by atoms with Gasteiger partial charge in [-0.2, -0.15) is 0 Å². The van der Waals surface area contributed by atoms with Crippen molar-refractivity contribution < 1.29 is 9.72 Å². The Morgan fingerprint density at radius 3 is 2.67 bits per heavy atom. The first-order chi connectivity index (χ1) is 8.26. The number of hydrogen-bond acceptors (Lipinski definition) is 3. The number of nitrogens with zero attached hydrogens (tertiary/aromatic N) is 2. The first-order valence-corrected chi connectivity index (χ1v) is 6.58. The fourth-order valence-corrected chi connectivity index (χ4v) is 2.53. The summed E-state index contributed by atoms with van der Waals surface area (Å²) < 4.78 is 1.46. The van der Waals surface area contributed by atoms with Crippen LogP contribution in [-0.2, 0) is 7.05 Å². The Bertz CT molecular complexity index is 468. The summed E-state index contributed by atoms with van der Waals surface area (Å²) in [5, 5.41) is 14.3. The lowest BCUT2D eigenvalue weighted by atomic mass is 10.0. The highest BCUT2D eigenvalue weighted by atomic mass is 79.9. The Morgan fingerprint density at radius 2 is 2.22 bits per heavy atom. The van der Waals surface area contributed by atoms with Crippen molar-refractivity contribution in [2.45, 2.75) is 25.8 Å². The monoisotopic (exact) mass is 317 g/mol. The van der Waals surface area contributed by atoms with Gasteiger partial charge in [0.15, 0.2) is 0 Å². The number of aromatic nitrogens is 1. The molecule has 18 heavy (non-hydrogen) atoms. The number of nitrogens with one attached hydrogen (secondary N) is 1. The van der Waals surface area contributed by atoms with Crippen molar-refractivity contribution in [3.63, 3.8) is 0 Å². The molecule has 0 saturated carbocycles. The van der Waals surface area contributed by atoms with E-state index in [0.717, 1.165) is 11.8 Å². The maximum Gasteiger partial charge on any atom is 0.287 e. The summed E-state index contributed by atoms with van der Waals surface area (Å²) in [6.45, 7) is 3.81. The molecule has 6 nitrogen and oxygen atoms in total. The van der Waals surface area contributed by atoms with E-state index >= 15 is 0 Å². The molecule has 0 aromatic carbocycles. The normalized spacial score (nSPS) is 11.3. The summed E-state index contributed by atoms with van der Waals surface area (Å²) >= 11 is 3.32. The van der Waals surface area contributed by atoms with E-state index in [1.807, 2.05) is 13.8 Å². The molecular weight excluding hydrogens is 302 g/mol. The molecule has 1 amide bonds. The molecule has 0 aliphatic rings. The zero-order chi connectivity index (χ0) is 13.9. The van der Waals surface area contributed by atoms with E-state index in [1.54, 1.807) is 7.05 Å². The second-order valence-electron chi connectivity index (χ2n) is 4.73. The molecule has 0 fully saturated rings. The lowest BCUT2D eigenvalue weighted by Gasteiger charge is -2.25. The van der Waals surface area contributed by atoms with Gasteiger partial charge in [0.2, 0.25) is 0 Å². The van der Waals surface area contributed by atoms with Crippen molar-refractivity contribution in [3.05, 3.63) is 28.1 Å². The van der Waals surface area contributed by atoms with Gasteiger partial charge in [-0.1, -0.05) is 15.9 Å². The van der Waals surface area contributed by atoms with Crippen molar-refractivity contribution in [3.8, 4) is 0 Å². The van der Waals surface area contributed by atoms with Gasteiger partial charge in [-0.25, -0.2) is 0 Å². The molecule has 1 heterocycles. The first-order valence-electron chi connectivity index (χ1n) is 5.46. The van der Waals surface area contributed by atoms with Crippen molar-refractivity contribution in [1.29, 1.82) is 0 Å². The topological polar surface area (TPSA) is 77.2 Å². The van der Waals surface area contributed by atoms with Crippen LogP contribution < -0.4 is 5.32 Å². The van der Waals surface area contributed by atoms with E-state index in [-0.39, 0.29) is 22.8 Å². The minimum absolute atomic E-state index is 0.0825. The summed E-state index contributed by atoms with van der Waals surface area (Å²) in [6, 6.07) is 1.28. The minimum atomic E-state index is -0.513. The average molecular weight is 318 g/mol. The summed E-state index contributed by atoms with van der Waals surface area (Å²) in [7, 11) is 1.61. The van der Waals surface area contributed by atoms with Crippen LogP contribution in [0.5, 0.6) is 0 Å².